The molecule has 0 bridgehead atoms. The molecular formula is C22H24N2O5S. The number of hydrogen-bond donors (Lipinski definition) is 0. The molecule has 0 aliphatic carbocycles. The molecule has 3 aromatic rings. The summed E-state index contributed by atoms with van der Waals surface area (Å²) in [5.74, 6) is 1.78. The van der Waals surface area contributed by atoms with E-state index >= 15 is 0 Å². The lowest BCUT2D eigenvalue weighted by Gasteiger charge is -2.26. The maximum absolute atomic E-state index is 13.4. The van der Waals surface area contributed by atoms with E-state index in [9.17, 15) is 8.42 Å². The zero-order chi connectivity index (χ0) is 21.1. The fourth-order valence-electron chi connectivity index (χ4n) is 3.52. The molecule has 0 N–H and O–H groups in total. The van der Waals surface area contributed by atoms with E-state index in [1.165, 1.54) is 19.2 Å². The van der Waals surface area contributed by atoms with E-state index in [1.54, 1.807) is 25.3 Å². The summed E-state index contributed by atoms with van der Waals surface area (Å²) in [6.45, 7) is 1.47. The van der Waals surface area contributed by atoms with Crippen molar-refractivity contribution in [1.82, 2.24) is 4.98 Å². The van der Waals surface area contributed by atoms with Crippen molar-refractivity contribution < 1.29 is 22.3 Å². The number of methoxy groups -OCH3 is 2. The second kappa shape index (κ2) is 8.39. The molecule has 1 fully saturated rings. The summed E-state index contributed by atoms with van der Waals surface area (Å²) < 4.78 is 43.4. The van der Waals surface area contributed by atoms with Crippen LogP contribution in [-0.2, 0) is 9.84 Å². The van der Waals surface area contributed by atoms with Crippen molar-refractivity contribution in [3.05, 3.63) is 48.5 Å². The third kappa shape index (κ3) is 3.87. The van der Waals surface area contributed by atoms with Gasteiger partial charge in [0.2, 0.25) is 26.6 Å². The van der Waals surface area contributed by atoms with Crippen molar-refractivity contribution in [2.45, 2.75) is 29.2 Å². The number of sulfone groups is 1. The minimum atomic E-state index is -3.88. The molecule has 1 aliphatic heterocycles. The van der Waals surface area contributed by atoms with Crippen LogP contribution in [0.5, 0.6) is 11.5 Å². The van der Waals surface area contributed by atoms with Crippen LogP contribution in [0.2, 0.25) is 0 Å². The van der Waals surface area contributed by atoms with Gasteiger partial charge in [0, 0.05) is 18.7 Å². The van der Waals surface area contributed by atoms with Gasteiger partial charge in [0.1, 0.15) is 11.5 Å². The standard InChI is InChI=1S/C22H24N2O5S/c1-27-17-9-11-19(12-10-17)30(25,26)21-22(24-13-4-3-5-14-24)29-20(23-21)16-7-6-8-18(15-16)28-2/h6-12,15H,3-5,13-14H2,1-2H3. The molecule has 0 saturated carbocycles. The van der Waals surface area contributed by atoms with Crippen LogP contribution < -0.4 is 14.4 Å². The highest BCUT2D eigenvalue weighted by molar-refractivity contribution is 7.91. The largest absolute Gasteiger partial charge is 0.497 e. The molecule has 0 radical (unpaired) electrons. The Hall–Kier alpha value is -3.00. The van der Waals surface area contributed by atoms with Gasteiger partial charge in [-0.05, 0) is 61.7 Å². The molecule has 0 amide bonds. The molecule has 0 spiro atoms. The Morgan fingerprint density at radius 3 is 2.30 bits per heavy atom. The molecule has 2 aromatic carbocycles. The predicted molar refractivity (Wildman–Crippen MR) is 113 cm³/mol. The fraction of sp³-hybridized carbons (Fsp3) is 0.318. The van der Waals surface area contributed by atoms with Crippen LogP contribution in [0.3, 0.4) is 0 Å². The molecule has 7 nitrogen and oxygen atoms in total. The molecule has 1 saturated heterocycles. The SMILES string of the molecule is COc1ccc(S(=O)(=O)c2nc(-c3cccc(OC)c3)oc2N2CCCCC2)cc1. The summed E-state index contributed by atoms with van der Waals surface area (Å²) >= 11 is 0. The van der Waals surface area contributed by atoms with Crippen molar-refractivity contribution >= 4 is 15.7 Å². The van der Waals surface area contributed by atoms with Gasteiger partial charge in [-0.1, -0.05) is 6.07 Å². The van der Waals surface area contributed by atoms with E-state index < -0.39 is 9.84 Å². The summed E-state index contributed by atoms with van der Waals surface area (Å²) in [6, 6.07) is 13.5. The highest BCUT2D eigenvalue weighted by Gasteiger charge is 2.32. The monoisotopic (exact) mass is 428 g/mol. The van der Waals surface area contributed by atoms with E-state index in [1.807, 2.05) is 23.1 Å². The maximum atomic E-state index is 13.4. The number of oxazole rings is 1. The lowest BCUT2D eigenvalue weighted by atomic mass is 10.1. The third-order valence-electron chi connectivity index (χ3n) is 5.16. The van der Waals surface area contributed by atoms with Gasteiger partial charge in [-0.3, -0.25) is 0 Å². The molecule has 8 heteroatoms. The Bertz CT molecular complexity index is 1120. The minimum Gasteiger partial charge on any atom is -0.497 e. The highest BCUT2D eigenvalue weighted by atomic mass is 32.2. The van der Waals surface area contributed by atoms with Gasteiger partial charge in [-0.25, -0.2) is 8.42 Å². The molecule has 1 aromatic heterocycles. The van der Waals surface area contributed by atoms with Crippen molar-refractivity contribution in [1.29, 1.82) is 0 Å². The van der Waals surface area contributed by atoms with Gasteiger partial charge in [-0.2, -0.15) is 4.98 Å². The van der Waals surface area contributed by atoms with E-state index in [-0.39, 0.29) is 15.8 Å². The number of benzene rings is 2. The van der Waals surface area contributed by atoms with E-state index in [0.717, 1.165) is 32.4 Å². The number of nitrogens with zero attached hydrogens (tertiary/aromatic N) is 2. The molecule has 0 atom stereocenters. The fourth-order valence-corrected chi connectivity index (χ4v) is 4.84. The molecule has 158 valence electrons. The Morgan fingerprint density at radius 1 is 0.933 bits per heavy atom. The molecular weight excluding hydrogens is 404 g/mol. The highest BCUT2D eigenvalue weighted by Crippen LogP contribution is 2.36. The summed E-state index contributed by atoms with van der Waals surface area (Å²) in [4.78, 5) is 6.55. The average Bonchev–Trinajstić information content (AvgIpc) is 3.26. The average molecular weight is 429 g/mol. The first-order valence-electron chi connectivity index (χ1n) is 9.82. The molecule has 0 unspecified atom stereocenters. The van der Waals surface area contributed by atoms with Crippen LogP contribution in [-0.4, -0.2) is 40.7 Å². The third-order valence-corrected chi connectivity index (χ3v) is 6.83. The molecule has 30 heavy (non-hydrogen) atoms. The van der Waals surface area contributed by atoms with Crippen molar-refractivity contribution in [3.63, 3.8) is 0 Å². The molecule has 2 heterocycles. The number of anilines is 1. The van der Waals surface area contributed by atoms with E-state index in [4.69, 9.17) is 13.9 Å². The number of piperidine rings is 1. The van der Waals surface area contributed by atoms with Crippen molar-refractivity contribution in [2.75, 3.05) is 32.2 Å². The van der Waals surface area contributed by atoms with Crippen molar-refractivity contribution in [2.24, 2.45) is 0 Å². The van der Waals surface area contributed by atoms with Crippen molar-refractivity contribution in [3.8, 4) is 23.0 Å². The van der Waals surface area contributed by atoms with Gasteiger partial charge in [0.15, 0.2) is 0 Å². The van der Waals surface area contributed by atoms with E-state index in [2.05, 4.69) is 4.98 Å². The summed E-state index contributed by atoms with van der Waals surface area (Å²) in [7, 11) is -0.766. The van der Waals surface area contributed by atoms with Gasteiger partial charge >= 0.3 is 0 Å². The molecule has 4 rings (SSSR count). The van der Waals surface area contributed by atoms with Crippen LogP contribution in [0.25, 0.3) is 11.5 Å². The number of hydrogen-bond acceptors (Lipinski definition) is 7. The Labute approximate surface area is 176 Å². The first-order chi connectivity index (χ1) is 14.5. The van der Waals surface area contributed by atoms with Gasteiger partial charge in [0.25, 0.3) is 0 Å². The zero-order valence-corrected chi connectivity index (χ0v) is 17.8. The van der Waals surface area contributed by atoms with Crippen LogP contribution in [0.4, 0.5) is 5.88 Å². The van der Waals surface area contributed by atoms with Crippen LogP contribution >= 0.6 is 0 Å². The normalized spacial score (nSPS) is 14.5. The lowest BCUT2D eigenvalue weighted by Crippen LogP contribution is -2.30. The predicted octanol–water partition coefficient (Wildman–Crippen LogP) is 4.18. The van der Waals surface area contributed by atoms with Crippen LogP contribution in [0.15, 0.2) is 62.9 Å². The summed E-state index contributed by atoms with van der Waals surface area (Å²) in [6.07, 6.45) is 3.09. The molecule has 1 aliphatic rings. The Kier molecular flexibility index (Phi) is 5.67. The second-order valence-electron chi connectivity index (χ2n) is 7.09. The first kappa shape index (κ1) is 20.3. The van der Waals surface area contributed by atoms with Gasteiger partial charge in [-0.15, -0.1) is 0 Å². The van der Waals surface area contributed by atoms with Gasteiger partial charge in [0.05, 0.1) is 19.1 Å². The number of aromatic nitrogens is 1. The zero-order valence-electron chi connectivity index (χ0n) is 17.0. The number of rotatable bonds is 6. The Morgan fingerprint density at radius 2 is 1.63 bits per heavy atom. The second-order valence-corrected chi connectivity index (χ2v) is 8.95. The maximum Gasteiger partial charge on any atom is 0.236 e. The van der Waals surface area contributed by atoms with Crippen LogP contribution in [0, 0.1) is 0 Å². The topological polar surface area (TPSA) is 81.9 Å². The van der Waals surface area contributed by atoms with E-state index in [0.29, 0.717) is 22.9 Å². The number of ether oxygens (including phenoxy) is 2. The smallest absolute Gasteiger partial charge is 0.236 e. The minimum absolute atomic E-state index is 0.0626. The summed E-state index contributed by atoms with van der Waals surface area (Å²) in [5.41, 5.74) is 0.656. The first-order valence-corrected chi connectivity index (χ1v) is 11.3. The van der Waals surface area contributed by atoms with Gasteiger partial charge < -0.3 is 18.8 Å². The summed E-state index contributed by atoms with van der Waals surface area (Å²) in [5, 5.41) is -0.0626. The Balaban J connectivity index is 1.82. The van der Waals surface area contributed by atoms with Crippen LogP contribution in [0.1, 0.15) is 19.3 Å². The lowest BCUT2D eigenvalue weighted by molar-refractivity contribution is 0.414. The quantitative estimate of drug-likeness (QED) is 0.582.